The van der Waals surface area contributed by atoms with Gasteiger partial charge in [-0.3, -0.25) is 0 Å². The van der Waals surface area contributed by atoms with E-state index >= 15 is 0 Å². The van der Waals surface area contributed by atoms with Crippen molar-refractivity contribution in [3.05, 3.63) is 23.8 Å². The van der Waals surface area contributed by atoms with E-state index in [1.165, 1.54) is 5.56 Å². The first-order chi connectivity index (χ1) is 8.15. The molecule has 0 saturated heterocycles. The van der Waals surface area contributed by atoms with E-state index in [-0.39, 0.29) is 6.04 Å². The Hall–Kier alpha value is -1.26. The van der Waals surface area contributed by atoms with Gasteiger partial charge in [-0.15, -0.1) is 0 Å². The molecule has 2 atom stereocenters. The maximum atomic E-state index is 5.71. The van der Waals surface area contributed by atoms with Crippen LogP contribution >= 0.6 is 0 Å². The molecule has 1 aromatic carbocycles. The lowest BCUT2D eigenvalue weighted by molar-refractivity contribution is 0.174. The number of rotatable bonds is 5. The van der Waals surface area contributed by atoms with E-state index in [2.05, 4.69) is 18.3 Å². The quantitative estimate of drug-likeness (QED) is 0.808. The number of benzene rings is 1. The Morgan fingerprint density at radius 3 is 2.82 bits per heavy atom. The smallest absolute Gasteiger partial charge is 0.231 e. The van der Waals surface area contributed by atoms with E-state index < -0.39 is 0 Å². The highest BCUT2D eigenvalue weighted by Crippen LogP contribution is 2.32. The van der Waals surface area contributed by atoms with Crippen LogP contribution in [0.2, 0.25) is 0 Å². The molecule has 1 aromatic rings. The summed E-state index contributed by atoms with van der Waals surface area (Å²) >= 11 is 0. The first kappa shape index (κ1) is 12.2. The normalized spacial score (nSPS) is 16.9. The highest BCUT2D eigenvalue weighted by atomic mass is 16.7. The van der Waals surface area contributed by atoms with Gasteiger partial charge in [0.15, 0.2) is 11.5 Å². The number of nitrogens with two attached hydrogens (primary N) is 1. The Balaban J connectivity index is 1.90. The van der Waals surface area contributed by atoms with Gasteiger partial charge in [0.05, 0.1) is 0 Å². The molecule has 0 spiro atoms. The molecule has 0 aliphatic carbocycles. The maximum absolute atomic E-state index is 5.71. The third-order valence-corrected chi connectivity index (χ3v) is 2.77. The average molecular weight is 236 g/mol. The summed E-state index contributed by atoms with van der Waals surface area (Å²) in [6.07, 6.45) is 0.962. The molecule has 0 saturated carbocycles. The van der Waals surface area contributed by atoms with Crippen LogP contribution in [0.5, 0.6) is 11.5 Å². The van der Waals surface area contributed by atoms with Gasteiger partial charge in [0.1, 0.15) is 0 Å². The monoisotopic (exact) mass is 236 g/mol. The summed E-state index contributed by atoms with van der Waals surface area (Å²) in [5, 5.41) is 3.40. The summed E-state index contributed by atoms with van der Waals surface area (Å²) in [5.74, 6) is 1.69. The Morgan fingerprint density at radius 1 is 1.29 bits per heavy atom. The molecule has 2 rings (SSSR count). The molecule has 0 aromatic heterocycles. The first-order valence-electron chi connectivity index (χ1n) is 6.02. The summed E-state index contributed by atoms with van der Waals surface area (Å²) < 4.78 is 10.6. The standard InChI is InChI=1S/C13H20N2O2/c1-9(14)7-15-10(2)5-11-3-4-12-13(6-11)17-8-16-12/h3-4,6,9-10,15H,5,7-8,14H2,1-2H3. The Labute approximate surface area is 102 Å². The van der Waals surface area contributed by atoms with E-state index in [1.807, 2.05) is 19.1 Å². The molecular formula is C13H20N2O2. The molecular weight excluding hydrogens is 216 g/mol. The van der Waals surface area contributed by atoms with Gasteiger partial charge in [0.25, 0.3) is 0 Å². The minimum atomic E-state index is 0.189. The van der Waals surface area contributed by atoms with E-state index in [4.69, 9.17) is 15.2 Å². The van der Waals surface area contributed by atoms with Gasteiger partial charge in [-0.2, -0.15) is 0 Å². The van der Waals surface area contributed by atoms with Crippen molar-refractivity contribution in [1.82, 2.24) is 5.32 Å². The molecule has 94 valence electrons. The van der Waals surface area contributed by atoms with Crippen molar-refractivity contribution in [2.24, 2.45) is 5.73 Å². The van der Waals surface area contributed by atoms with E-state index in [0.717, 1.165) is 24.5 Å². The predicted molar refractivity (Wildman–Crippen MR) is 67.4 cm³/mol. The van der Waals surface area contributed by atoms with Gasteiger partial charge in [-0.25, -0.2) is 0 Å². The van der Waals surface area contributed by atoms with E-state index in [9.17, 15) is 0 Å². The molecule has 0 radical (unpaired) electrons. The van der Waals surface area contributed by atoms with Crippen molar-refractivity contribution < 1.29 is 9.47 Å². The van der Waals surface area contributed by atoms with Crippen molar-refractivity contribution in [1.29, 1.82) is 0 Å². The van der Waals surface area contributed by atoms with Crippen LogP contribution in [0.25, 0.3) is 0 Å². The van der Waals surface area contributed by atoms with Gasteiger partial charge < -0.3 is 20.5 Å². The molecule has 1 heterocycles. The largest absolute Gasteiger partial charge is 0.454 e. The number of nitrogens with one attached hydrogen (secondary N) is 1. The fourth-order valence-electron chi connectivity index (χ4n) is 1.88. The zero-order chi connectivity index (χ0) is 12.3. The van der Waals surface area contributed by atoms with E-state index in [1.54, 1.807) is 0 Å². The number of ether oxygens (including phenoxy) is 2. The zero-order valence-corrected chi connectivity index (χ0v) is 10.4. The van der Waals surface area contributed by atoms with Crippen LogP contribution in [0, 0.1) is 0 Å². The molecule has 17 heavy (non-hydrogen) atoms. The average Bonchev–Trinajstić information content (AvgIpc) is 2.73. The number of hydrogen-bond donors (Lipinski definition) is 2. The van der Waals surface area contributed by atoms with Crippen LogP contribution in [0.4, 0.5) is 0 Å². The minimum Gasteiger partial charge on any atom is -0.454 e. The summed E-state index contributed by atoms with van der Waals surface area (Å²) in [5.41, 5.74) is 6.96. The lowest BCUT2D eigenvalue weighted by Crippen LogP contribution is -2.37. The van der Waals surface area contributed by atoms with Crippen LogP contribution in [0.3, 0.4) is 0 Å². The zero-order valence-electron chi connectivity index (χ0n) is 10.4. The van der Waals surface area contributed by atoms with Crippen LogP contribution in [-0.4, -0.2) is 25.4 Å². The SMILES string of the molecule is CC(N)CNC(C)Cc1ccc2c(c1)OCO2. The summed E-state index contributed by atoms with van der Waals surface area (Å²) in [7, 11) is 0. The fraction of sp³-hybridized carbons (Fsp3) is 0.538. The predicted octanol–water partition coefficient (Wildman–Crippen LogP) is 1.28. The number of hydrogen-bond acceptors (Lipinski definition) is 4. The second kappa shape index (κ2) is 5.38. The van der Waals surface area contributed by atoms with Crippen molar-refractivity contribution in [3.8, 4) is 11.5 Å². The molecule has 2 unspecified atom stereocenters. The summed E-state index contributed by atoms with van der Waals surface area (Å²) in [6.45, 7) is 5.33. The lowest BCUT2D eigenvalue weighted by Gasteiger charge is -2.15. The summed E-state index contributed by atoms with van der Waals surface area (Å²) in [6, 6.07) is 6.69. The molecule has 4 heteroatoms. The fourth-order valence-corrected chi connectivity index (χ4v) is 1.88. The van der Waals surface area contributed by atoms with E-state index in [0.29, 0.717) is 12.8 Å². The topological polar surface area (TPSA) is 56.5 Å². The highest BCUT2D eigenvalue weighted by Gasteiger charge is 2.14. The van der Waals surface area contributed by atoms with Crippen LogP contribution < -0.4 is 20.5 Å². The number of fused-ring (bicyclic) bond motifs is 1. The van der Waals surface area contributed by atoms with Crippen LogP contribution in [0.15, 0.2) is 18.2 Å². The molecule has 0 fully saturated rings. The maximum Gasteiger partial charge on any atom is 0.231 e. The molecule has 1 aliphatic heterocycles. The van der Waals surface area contributed by atoms with Gasteiger partial charge in [0.2, 0.25) is 6.79 Å². The second-order valence-corrected chi connectivity index (χ2v) is 4.68. The molecule has 3 N–H and O–H groups in total. The van der Waals surface area contributed by atoms with Gasteiger partial charge >= 0.3 is 0 Å². The van der Waals surface area contributed by atoms with Crippen molar-refractivity contribution in [2.45, 2.75) is 32.4 Å². The van der Waals surface area contributed by atoms with Crippen LogP contribution in [-0.2, 0) is 6.42 Å². The van der Waals surface area contributed by atoms with Crippen molar-refractivity contribution >= 4 is 0 Å². The lowest BCUT2D eigenvalue weighted by atomic mass is 10.1. The van der Waals surface area contributed by atoms with Crippen LogP contribution in [0.1, 0.15) is 19.4 Å². The highest BCUT2D eigenvalue weighted by molar-refractivity contribution is 5.44. The van der Waals surface area contributed by atoms with Gasteiger partial charge in [-0.1, -0.05) is 6.07 Å². The second-order valence-electron chi connectivity index (χ2n) is 4.68. The molecule has 4 nitrogen and oxygen atoms in total. The van der Waals surface area contributed by atoms with Crippen molar-refractivity contribution in [3.63, 3.8) is 0 Å². The Morgan fingerprint density at radius 2 is 2.06 bits per heavy atom. The van der Waals surface area contributed by atoms with Gasteiger partial charge in [-0.05, 0) is 38.0 Å². The van der Waals surface area contributed by atoms with Crippen molar-refractivity contribution in [2.75, 3.05) is 13.3 Å². The van der Waals surface area contributed by atoms with Gasteiger partial charge in [0, 0.05) is 18.6 Å². The molecule has 1 aliphatic rings. The Bertz CT molecular complexity index is 380. The summed E-state index contributed by atoms with van der Waals surface area (Å²) in [4.78, 5) is 0. The molecule has 0 amide bonds. The third kappa shape index (κ3) is 3.35. The Kier molecular flexibility index (Phi) is 3.86. The first-order valence-corrected chi connectivity index (χ1v) is 6.02. The third-order valence-electron chi connectivity index (χ3n) is 2.77. The molecule has 0 bridgehead atoms. The minimum absolute atomic E-state index is 0.189.